The summed E-state index contributed by atoms with van der Waals surface area (Å²) in [4.78, 5) is 15.4. The van der Waals surface area contributed by atoms with Gasteiger partial charge in [-0.05, 0) is 27.9 Å². The number of carboxylic acids is 1. The first-order valence-electron chi connectivity index (χ1n) is 5.59. The third-order valence-electron chi connectivity index (χ3n) is 2.88. The standard InChI is InChI=1S/C13H13BrN2O2/c1-3-8-4-6-9(7-5-8)12-15-11(14)10(13(17)18)16(12)2/h4-7H,3H2,1-2H3,(H,17,18). The van der Waals surface area contributed by atoms with Gasteiger partial charge in [0.1, 0.15) is 10.4 Å². The zero-order valence-electron chi connectivity index (χ0n) is 10.1. The van der Waals surface area contributed by atoms with E-state index in [1.807, 2.05) is 24.3 Å². The van der Waals surface area contributed by atoms with Crippen LogP contribution >= 0.6 is 15.9 Å². The van der Waals surface area contributed by atoms with Gasteiger partial charge in [0.15, 0.2) is 5.69 Å². The van der Waals surface area contributed by atoms with E-state index in [4.69, 9.17) is 5.11 Å². The molecule has 0 fully saturated rings. The molecule has 0 amide bonds. The lowest BCUT2D eigenvalue weighted by atomic mass is 10.1. The van der Waals surface area contributed by atoms with Gasteiger partial charge in [-0.1, -0.05) is 31.2 Å². The van der Waals surface area contributed by atoms with E-state index in [-0.39, 0.29) is 5.69 Å². The second-order valence-electron chi connectivity index (χ2n) is 3.99. The number of rotatable bonds is 3. The Balaban J connectivity index is 2.50. The molecule has 0 saturated carbocycles. The molecular formula is C13H13BrN2O2. The number of hydrogen-bond donors (Lipinski definition) is 1. The summed E-state index contributed by atoms with van der Waals surface area (Å²) in [6.45, 7) is 2.09. The van der Waals surface area contributed by atoms with Crippen molar-refractivity contribution < 1.29 is 9.90 Å². The second-order valence-corrected chi connectivity index (χ2v) is 4.74. The molecule has 1 heterocycles. The molecule has 0 saturated heterocycles. The lowest BCUT2D eigenvalue weighted by Gasteiger charge is -2.04. The molecule has 2 aromatic rings. The molecule has 0 unspecified atom stereocenters. The number of hydrogen-bond acceptors (Lipinski definition) is 2. The molecule has 0 radical (unpaired) electrons. The maximum Gasteiger partial charge on any atom is 0.355 e. The summed E-state index contributed by atoms with van der Waals surface area (Å²) in [6.07, 6.45) is 0.977. The first-order valence-corrected chi connectivity index (χ1v) is 6.38. The van der Waals surface area contributed by atoms with Crippen molar-refractivity contribution in [3.05, 3.63) is 40.1 Å². The number of aromatic carboxylic acids is 1. The molecule has 1 aromatic carbocycles. The highest BCUT2D eigenvalue weighted by Gasteiger charge is 2.19. The average Bonchev–Trinajstić information content (AvgIpc) is 2.65. The topological polar surface area (TPSA) is 55.1 Å². The fourth-order valence-corrected chi connectivity index (χ4v) is 2.45. The van der Waals surface area contributed by atoms with Crippen LogP contribution in [0.15, 0.2) is 28.9 Å². The highest BCUT2D eigenvalue weighted by atomic mass is 79.9. The normalized spacial score (nSPS) is 10.6. The Labute approximate surface area is 113 Å². The van der Waals surface area contributed by atoms with Crippen LogP contribution < -0.4 is 0 Å². The largest absolute Gasteiger partial charge is 0.476 e. The van der Waals surface area contributed by atoms with Crippen molar-refractivity contribution >= 4 is 21.9 Å². The second kappa shape index (κ2) is 4.94. The molecule has 0 spiro atoms. The average molecular weight is 309 g/mol. The van der Waals surface area contributed by atoms with Crippen LogP contribution in [0, 0.1) is 0 Å². The molecular weight excluding hydrogens is 296 g/mol. The Morgan fingerprint density at radius 1 is 1.39 bits per heavy atom. The number of carboxylic acid groups (broad SMARTS) is 1. The van der Waals surface area contributed by atoms with Gasteiger partial charge in [-0.3, -0.25) is 0 Å². The highest BCUT2D eigenvalue weighted by molar-refractivity contribution is 9.10. The molecule has 1 N–H and O–H groups in total. The molecule has 5 heteroatoms. The Morgan fingerprint density at radius 2 is 2.00 bits per heavy atom. The monoisotopic (exact) mass is 308 g/mol. The van der Waals surface area contributed by atoms with E-state index in [9.17, 15) is 4.79 Å². The fourth-order valence-electron chi connectivity index (χ4n) is 1.84. The van der Waals surface area contributed by atoms with E-state index in [1.165, 1.54) is 5.56 Å². The lowest BCUT2D eigenvalue weighted by Crippen LogP contribution is -2.05. The van der Waals surface area contributed by atoms with Crippen LogP contribution in [0.3, 0.4) is 0 Å². The zero-order chi connectivity index (χ0) is 13.3. The van der Waals surface area contributed by atoms with Gasteiger partial charge >= 0.3 is 5.97 Å². The van der Waals surface area contributed by atoms with Gasteiger partial charge in [0.25, 0.3) is 0 Å². The van der Waals surface area contributed by atoms with Crippen LogP contribution in [0.2, 0.25) is 0 Å². The molecule has 4 nitrogen and oxygen atoms in total. The molecule has 0 aliphatic carbocycles. The van der Waals surface area contributed by atoms with Gasteiger partial charge in [-0.2, -0.15) is 0 Å². The van der Waals surface area contributed by atoms with Crippen LogP contribution in [0.1, 0.15) is 23.0 Å². The van der Waals surface area contributed by atoms with E-state index in [0.29, 0.717) is 10.4 Å². The Hall–Kier alpha value is -1.62. The summed E-state index contributed by atoms with van der Waals surface area (Å²) in [5.74, 6) is -0.352. The Kier molecular flexibility index (Phi) is 3.52. The van der Waals surface area contributed by atoms with Gasteiger partial charge < -0.3 is 9.67 Å². The predicted molar refractivity (Wildman–Crippen MR) is 72.7 cm³/mol. The molecule has 2 rings (SSSR count). The summed E-state index contributed by atoms with van der Waals surface area (Å²) in [7, 11) is 1.70. The van der Waals surface area contributed by atoms with Gasteiger partial charge in [0.05, 0.1) is 0 Å². The van der Waals surface area contributed by atoms with Crippen LogP contribution in [0.4, 0.5) is 0 Å². The van der Waals surface area contributed by atoms with Gasteiger partial charge in [-0.15, -0.1) is 0 Å². The van der Waals surface area contributed by atoms with Crippen molar-refractivity contribution in [2.45, 2.75) is 13.3 Å². The van der Waals surface area contributed by atoms with Gasteiger partial charge in [0, 0.05) is 12.6 Å². The molecule has 0 aliphatic rings. The van der Waals surface area contributed by atoms with Crippen LogP contribution in [0.25, 0.3) is 11.4 Å². The van der Waals surface area contributed by atoms with E-state index < -0.39 is 5.97 Å². The highest BCUT2D eigenvalue weighted by Crippen LogP contribution is 2.25. The molecule has 0 aliphatic heterocycles. The Bertz CT molecular complexity index is 588. The summed E-state index contributed by atoms with van der Waals surface area (Å²) in [5, 5.41) is 9.10. The number of aryl methyl sites for hydroxylation is 1. The van der Waals surface area contributed by atoms with Crippen LogP contribution in [-0.2, 0) is 13.5 Å². The first kappa shape index (κ1) is 12.8. The molecule has 1 aromatic heterocycles. The third kappa shape index (κ3) is 2.18. The summed E-state index contributed by atoms with van der Waals surface area (Å²) in [5.41, 5.74) is 2.30. The number of nitrogens with zero attached hydrogens (tertiary/aromatic N) is 2. The quantitative estimate of drug-likeness (QED) is 0.948. The van der Waals surface area contributed by atoms with Crippen molar-refractivity contribution in [1.29, 1.82) is 0 Å². The number of benzene rings is 1. The predicted octanol–water partition coefficient (Wildman–Crippen LogP) is 3.11. The van der Waals surface area contributed by atoms with Crippen molar-refractivity contribution in [3.63, 3.8) is 0 Å². The SMILES string of the molecule is CCc1ccc(-c2nc(Br)c(C(=O)O)n2C)cc1. The van der Waals surface area contributed by atoms with E-state index in [2.05, 4.69) is 27.8 Å². The number of halogens is 1. The maximum absolute atomic E-state index is 11.1. The van der Waals surface area contributed by atoms with Crippen molar-refractivity contribution in [2.24, 2.45) is 7.05 Å². The third-order valence-corrected chi connectivity index (χ3v) is 3.43. The molecule has 18 heavy (non-hydrogen) atoms. The minimum Gasteiger partial charge on any atom is -0.476 e. The molecule has 0 atom stereocenters. The lowest BCUT2D eigenvalue weighted by molar-refractivity contribution is 0.0685. The van der Waals surface area contributed by atoms with Crippen LogP contribution in [-0.4, -0.2) is 20.6 Å². The van der Waals surface area contributed by atoms with E-state index in [0.717, 1.165) is 12.0 Å². The van der Waals surface area contributed by atoms with Crippen LogP contribution in [0.5, 0.6) is 0 Å². The van der Waals surface area contributed by atoms with Crippen molar-refractivity contribution in [3.8, 4) is 11.4 Å². The minimum atomic E-state index is -0.992. The smallest absolute Gasteiger partial charge is 0.355 e. The summed E-state index contributed by atoms with van der Waals surface area (Å²) >= 11 is 3.18. The summed E-state index contributed by atoms with van der Waals surface area (Å²) in [6, 6.07) is 7.97. The van der Waals surface area contributed by atoms with Crippen molar-refractivity contribution in [1.82, 2.24) is 9.55 Å². The maximum atomic E-state index is 11.1. The Morgan fingerprint density at radius 3 is 2.44 bits per heavy atom. The zero-order valence-corrected chi connectivity index (χ0v) is 11.7. The summed E-state index contributed by atoms with van der Waals surface area (Å²) < 4.78 is 1.93. The number of imidazole rings is 1. The van der Waals surface area contributed by atoms with Crippen molar-refractivity contribution in [2.75, 3.05) is 0 Å². The fraction of sp³-hybridized carbons (Fsp3) is 0.231. The van der Waals surface area contributed by atoms with Gasteiger partial charge in [-0.25, -0.2) is 9.78 Å². The van der Waals surface area contributed by atoms with E-state index >= 15 is 0 Å². The molecule has 0 bridgehead atoms. The number of carbonyl (C=O) groups is 1. The van der Waals surface area contributed by atoms with Gasteiger partial charge in [0.2, 0.25) is 0 Å². The first-order chi connectivity index (χ1) is 8.54. The molecule has 94 valence electrons. The van der Waals surface area contributed by atoms with E-state index in [1.54, 1.807) is 11.6 Å². The number of aromatic nitrogens is 2. The minimum absolute atomic E-state index is 0.157.